The Morgan fingerprint density at radius 1 is 1.17 bits per heavy atom. The zero-order valence-corrected chi connectivity index (χ0v) is 11.8. The quantitative estimate of drug-likeness (QED) is 0.878. The van der Waals surface area contributed by atoms with E-state index in [1.807, 2.05) is 0 Å². The molecule has 0 saturated carbocycles. The summed E-state index contributed by atoms with van der Waals surface area (Å²) in [6.07, 6.45) is 3.80. The van der Waals surface area contributed by atoms with Gasteiger partial charge < -0.3 is 10.2 Å². The van der Waals surface area contributed by atoms with Gasteiger partial charge in [-0.15, -0.1) is 0 Å². The van der Waals surface area contributed by atoms with Crippen LogP contribution in [0, 0.1) is 13.8 Å². The van der Waals surface area contributed by atoms with Crippen molar-refractivity contribution >= 4 is 0 Å². The predicted molar refractivity (Wildman–Crippen MR) is 78.2 cm³/mol. The van der Waals surface area contributed by atoms with E-state index < -0.39 is 0 Å². The van der Waals surface area contributed by atoms with Gasteiger partial charge in [-0.1, -0.05) is 23.8 Å². The minimum atomic E-state index is 1.16. The van der Waals surface area contributed by atoms with Crippen molar-refractivity contribution in [2.45, 2.75) is 33.1 Å². The second kappa shape index (κ2) is 6.91. The van der Waals surface area contributed by atoms with E-state index in [0.717, 1.165) is 6.54 Å². The van der Waals surface area contributed by atoms with Gasteiger partial charge >= 0.3 is 0 Å². The fraction of sp³-hybridized carbons (Fsp3) is 0.625. The van der Waals surface area contributed by atoms with Crippen LogP contribution in [0.15, 0.2) is 18.2 Å². The Hall–Kier alpha value is -0.860. The van der Waals surface area contributed by atoms with Crippen LogP contribution in [0.3, 0.4) is 0 Å². The molecule has 18 heavy (non-hydrogen) atoms. The molecule has 0 amide bonds. The molecule has 0 aromatic heterocycles. The Labute approximate surface area is 111 Å². The summed E-state index contributed by atoms with van der Waals surface area (Å²) in [5, 5.41) is 3.46. The molecule has 1 fully saturated rings. The van der Waals surface area contributed by atoms with Crippen LogP contribution in [0.2, 0.25) is 0 Å². The Bertz CT molecular complexity index is 365. The van der Waals surface area contributed by atoms with Crippen LogP contribution < -0.4 is 5.32 Å². The first-order valence-electron chi connectivity index (χ1n) is 7.25. The third-order valence-corrected chi connectivity index (χ3v) is 3.86. The van der Waals surface area contributed by atoms with Crippen LogP contribution in [0.1, 0.15) is 29.5 Å². The van der Waals surface area contributed by atoms with Crippen LogP contribution in [-0.4, -0.2) is 37.6 Å². The average Bonchev–Trinajstić information content (AvgIpc) is 2.62. The molecule has 100 valence electrons. The molecule has 0 aliphatic carbocycles. The average molecular weight is 246 g/mol. The van der Waals surface area contributed by atoms with E-state index in [-0.39, 0.29) is 0 Å². The smallest absolute Gasteiger partial charge is 0.0107 e. The van der Waals surface area contributed by atoms with Gasteiger partial charge in [-0.2, -0.15) is 0 Å². The third-order valence-electron chi connectivity index (χ3n) is 3.86. The van der Waals surface area contributed by atoms with Crippen LogP contribution in [0.25, 0.3) is 0 Å². The molecular weight excluding hydrogens is 220 g/mol. The highest BCUT2D eigenvalue weighted by Gasteiger charge is 2.08. The molecule has 1 aliphatic rings. The topological polar surface area (TPSA) is 15.3 Å². The number of nitrogens with zero attached hydrogens (tertiary/aromatic N) is 1. The summed E-state index contributed by atoms with van der Waals surface area (Å²) < 4.78 is 0. The molecule has 1 aromatic rings. The molecule has 0 radical (unpaired) electrons. The maximum atomic E-state index is 3.46. The van der Waals surface area contributed by atoms with E-state index >= 15 is 0 Å². The van der Waals surface area contributed by atoms with Crippen molar-refractivity contribution < 1.29 is 0 Å². The molecule has 0 atom stereocenters. The highest BCUT2D eigenvalue weighted by atomic mass is 15.1. The van der Waals surface area contributed by atoms with Crippen LogP contribution in [0.5, 0.6) is 0 Å². The third kappa shape index (κ3) is 4.11. The molecule has 1 heterocycles. The summed E-state index contributed by atoms with van der Waals surface area (Å²) in [4.78, 5) is 2.60. The van der Waals surface area contributed by atoms with Crippen LogP contribution in [-0.2, 0) is 6.42 Å². The predicted octanol–water partition coefficient (Wildman–Crippen LogP) is 2.53. The van der Waals surface area contributed by atoms with Gasteiger partial charge in [0.1, 0.15) is 0 Å². The lowest BCUT2D eigenvalue weighted by Gasteiger charge is -2.19. The van der Waals surface area contributed by atoms with Crippen molar-refractivity contribution in [3.63, 3.8) is 0 Å². The van der Waals surface area contributed by atoms with Crippen LogP contribution in [0.4, 0.5) is 0 Å². The molecular formula is C16H26N2. The van der Waals surface area contributed by atoms with Crippen molar-refractivity contribution in [3.8, 4) is 0 Å². The van der Waals surface area contributed by atoms with Gasteiger partial charge in [0, 0.05) is 13.1 Å². The van der Waals surface area contributed by atoms with E-state index in [1.165, 1.54) is 62.1 Å². The lowest BCUT2D eigenvalue weighted by atomic mass is 10.0. The normalized spacial score (nSPS) is 17.7. The second-order valence-electron chi connectivity index (χ2n) is 5.48. The number of nitrogens with one attached hydrogen (secondary N) is 1. The first-order chi connectivity index (χ1) is 8.75. The Morgan fingerprint density at radius 2 is 2.06 bits per heavy atom. The first kappa shape index (κ1) is 13.6. The van der Waals surface area contributed by atoms with Crippen molar-refractivity contribution in [2.24, 2.45) is 0 Å². The fourth-order valence-electron chi connectivity index (χ4n) is 2.69. The minimum Gasteiger partial charge on any atom is -0.315 e. The van der Waals surface area contributed by atoms with E-state index in [1.54, 1.807) is 0 Å². The number of rotatable bonds is 4. The molecule has 2 nitrogen and oxygen atoms in total. The van der Waals surface area contributed by atoms with Crippen molar-refractivity contribution in [1.29, 1.82) is 0 Å². The molecule has 1 aliphatic heterocycles. The molecule has 2 rings (SSSR count). The van der Waals surface area contributed by atoms with Gasteiger partial charge in [0.25, 0.3) is 0 Å². The van der Waals surface area contributed by atoms with Gasteiger partial charge in [-0.25, -0.2) is 0 Å². The number of hydrogen-bond donors (Lipinski definition) is 1. The molecule has 2 heteroatoms. The highest BCUT2D eigenvalue weighted by Crippen LogP contribution is 2.13. The standard InChI is InChI=1S/C16H26N2/c1-14-6-7-15(2)16(13-14)5-3-10-18-11-4-8-17-9-12-18/h6-7,13,17H,3-5,8-12H2,1-2H3. The first-order valence-corrected chi connectivity index (χ1v) is 7.25. The summed E-state index contributed by atoms with van der Waals surface area (Å²) in [7, 11) is 0. The highest BCUT2D eigenvalue weighted by molar-refractivity contribution is 5.30. The summed E-state index contributed by atoms with van der Waals surface area (Å²) in [6.45, 7) is 10.5. The molecule has 0 bridgehead atoms. The fourth-order valence-corrected chi connectivity index (χ4v) is 2.69. The summed E-state index contributed by atoms with van der Waals surface area (Å²) >= 11 is 0. The number of aryl methyl sites for hydroxylation is 3. The lowest BCUT2D eigenvalue weighted by molar-refractivity contribution is 0.289. The van der Waals surface area contributed by atoms with Gasteiger partial charge in [-0.3, -0.25) is 0 Å². The monoisotopic (exact) mass is 246 g/mol. The largest absolute Gasteiger partial charge is 0.315 e. The van der Waals surface area contributed by atoms with Crippen LogP contribution >= 0.6 is 0 Å². The van der Waals surface area contributed by atoms with E-state index in [4.69, 9.17) is 0 Å². The lowest BCUT2D eigenvalue weighted by Crippen LogP contribution is -2.29. The Kier molecular flexibility index (Phi) is 5.21. The molecule has 1 aromatic carbocycles. The number of hydrogen-bond acceptors (Lipinski definition) is 2. The molecule has 0 unspecified atom stereocenters. The Balaban J connectivity index is 1.78. The second-order valence-corrected chi connectivity index (χ2v) is 5.48. The zero-order valence-electron chi connectivity index (χ0n) is 11.8. The zero-order chi connectivity index (χ0) is 12.8. The van der Waals surface area contributed by atoms with Gasteiger partial charge in [0.15, 0.2) is 0 Å². The molecule has 0 spiro atoms. The van der Waals surface area contributed by atoms with E-state index in [9.17, 15) is 0 Å². The minimum absolute atomic E-state index is 1.16. The van der Waals surface area contributed by atoms with E-state index in [2.05, 4.69) is 42.3 Å². The van der Waals surface area contributed by atoms with Crippen molar-refractivity contribution in [2.75, 3.05) is 32.7 Å². The summed E-state index contributed by atoms with van der Waals surface area (Å²) in [5.74, 6) is 0. The summed E-state index contributed by atoms with van der Waals surface area (Å²) in [6, 6.07) is 6.80. The van der Waals surface area contributed by atoms with Crippen molar-refractivity contribution in [1.82, 2.24) is 10.2 Å². The maximum absolute atomic E-state index is 3.46. The molecule has 1 saturated heterocycles. The van der Waals surface area contributed by atoms with Gasteiger partial charge in [0.05, 0.1) is 0 Å². The summed E-state index contributed by atoms with van der Waals surface area (Å²) in [5.41, 5.74) is 4.36. The molecule has 1 N–H and O–H groups in total. The Morgan fingerprint density at radius 3 is 2.94 bits per heavy atom. The maximum Gasteiger partial charge on any atom is 0.0107 e. The van der Waals surface area contributed by atoms with Crippen molar-refractivity contribution in [3.05, 3.63) is 34.9 Å². The SMILES string of the molecule is Cc1ccc(C)c(CCCN2CCCNCC2)c1. The van der Waals surface area contributed by atoms with Gasteiger partial charge in [-0.05, 0) is 63.9 Å². The van der Waals surface area contributed by atoms with E-state index in [0.29, 0.717) is 0 Å². The van der Waals surface area contributed by atoms with Gasteiger partial charge in [0.2, 0.25) is 0 Å². The number of benzene rings is 1.